The second kappa shape index (κ2) is 8.69. The second-order valence-electron chi connectivity index (χ2n) is 8.55. The van der Waals surface area contributed by atoms with E-state index in [0.717, 1.165) is 46.8 Å². The Bertz CT molecular complexity index is 953. The van der Waals surface area contributed by atoms with Crippen molar-refractivity contribution in [2.75, 3.05) is 44.3 Å². The van der Waals surface area contributed by atoms with Gasteiger partial charge in [-0.3, -0.25) is 0 Å². The molecule has 2 aromatic heterocycles. The summed E-state index contributed by atoms with van der Waals surface area (Å²) in [5.74, 6) is 0.883. The Hall–Kier alpha value is -1.90. The molecular weight excluding hydrogens is 424 g/mol. The normalized spacial score (nSPS) is 18.1. The number of morpholine rings is 1. The van der Waals surface area contributed by atoms with Crippen LogP contribution in [0.5, 0.6) is 0 Å². The molecule has 0 saturated carbocycles. The summed E-state index contributed by atoms with van der Waals surface area (Å²) in [7, 11) is 0. The molecule has 0 unspecified atom stereocenters. The van der Waals surface area contributed by atoms with Crippen molar-refractivity contribution in [1.29, 1.82) is 0 Å². The Labute approximate surface area is 185 Å². The van der Waals surface area contributed by atoms with Gasteiger partial charge in [0.2, 0.25) is 5.28 Å². The van der Waals surface area contributed by atoms with Crippen LogP contribution in [0.2, 0.25) is 5.28 Å². The van der Waals surface area contributed by atoms with Crippen molar-refractivity contribution in [3.63, 3.8) is 0 Å². The van der Waals surface area contributed by atoms with Crippen LogP contribution in [0.1, 0.15) is 38.5 Å². The van der Waals surface area contributed by atoms with Gasteiger partial charge in [0.15, 0.2) is 0 Å². The fraction of sp³-hybridized carbons (Fsp3) is 0.571. The molecule has 0 N–H and O–H groups in total. The highest BCUT2D eigenvalue weighted by Gasteiger charge is 2.25. The number of piperidine rings is 1. The molecular formula is C21H27ClN4O3S. The van der Waals surface area contributed by atoms with Crippen LogP contribution in [0.4, 0.5) is 10.6 Å². The number of carbonyl (C=O) groups excluding carboxylic acids is 1. The molecule has 0 bridgehead atoms. The molecule has 1 amide bonds. The molecule has 0 atom stereocenters. The number of rotatable bonds is 2. The van der Waals surface area contributed by atoms with E-state index in [1.807, 2.05) is 20.8 Å². The average molecular weight is 451 g/mol. The molecule has 0 aromatic carbocycles. The molecule has 30 heavy (non-hydrogen) atoms. The van der Waals surface area contributed by atoms with Gasteiger partial charge in [0, 0.05) is 31.1 Å². The zero-order valence-electron chi connectivity index (χ0n) is 17.6. The predicted octanol–water partition coefficient (Wildman–Crippen LogP) is 4.60. The van der Waals surface area contributed by atoms with E-state index in [0.29, 0.717) is 26.3 Å². The summed E-state index contributed by atoms with van der Waals surface area (Å²) in [6, 6.07) is 2.15. The Kier molecular flexibility index (Phi) is 6.18. The molecule has 9 heteroatoms. The number of hydrogen-bond donors (Lipinski definition) is 0. The van der Waals surface area contributed by atoms with Gasteiger partial charge in [-0.05, 0) is 57.4 Å². The Morgan fingerprint density at radius 1 is 1.20 bits per heavy atom. The average Bonchev–Trinajstić information content (AvgIpc) is 3.09. The van der Waals surface area contributed by atoms with E-state index in [1.54, 1.807) is 16.2 Å². The van der Waals surface area contributed by atoms with Crippen LogP contribution in [0.3, 0.4) is 0 Å². The number of amides is 1. The van der Waals surface area contributed by atoms with E-state index >= 15 is 0 Å². The minimum absolute atomic E-state index is 0.233. The summed E-state index contributed by atoms with van der Waals surface area (Å²) in [4.78, 5) is 27.2. The summed E-state index contributed by atoms with van der Waals surface area (Å²) < 4.78 is 10.9. The maximum Gasteiger partial charge on any atom is 0.410 e. The van der Waals surface area contributed by atoms with Crippen molar-refractivity contribution in [2.24, 2.45) is 0 Å². The highest BCUT2D eigenvalue weighted by molar-refractivity contribution is 7.19. The molecule has 2 aromatic rings. The van der Waals surface area contributed by atoms with Gasteiger partial charge in [-0.1, -0.05) is 5.57 Å². The summed E-state index contributed by atoms with van der Waals surface area (Å²) >= 11 is 7.82. The van der Waals surface area contributed by atoms with E-state index in [1.165, 1.54) is 5.57 Å². The van der Waals surface area contributed by atoms with Crippen LogP contribution in [0.25, 0.3) is 16.3 Å². The minimum atomic E-state index is -0.467. The highest BCUT2D eigenvalue weighted by atomic mass is 35.5. The van der Waals surface area contributed by atoms with Crippen molar-refractivity contribution in [3.8, 4) is 0 Å². The molecule has 0 spiro atoms. The fourth-order valence-electron chi connectivity index (χ4n) is 3.64. The topological polar surface area (TPSA) is 67.8 Å². The minimum Gasteiger partial charge on any atom is -0.444 e. The van der Waals surface area contributed by atoms with E-state index < -0.39 is 5.60 Å². The second-order valence-corrected chi connectivity index (χ2v) is 9.95. The van der Waals surface area contributed by atoms with Crippen molar-refractivity contribution in [3.05, 3.63) is 21.8 Å². The lowest BCUT2D eigenvalue weighted by atomic mass is 10.0. The molecule has 2 aliphatic heterocycles. The van der Waals surface area contributed by atoms with Crippen molar-refractivity contribution >= 4 is 51.1 Å². The van der Waals surface area contributed by atoms with E-state index in [-0.39, 0.29) is 11.4 Å². The van der Waals surface area contributed by atoms with Gasteiger partial charge in [0.05, 0.1) is 18.6 Å². The molecule has 2 saturated heterocycles. The lowest BCUT2D eigenvalue weighted by molar-refractivity contribution is 0.0237. The quantitative estimate of drug-likeness (QED) is 0.623. The molecule has 4 heterocycles. The number of thiophene rings is 1. The first kappa shape index (κ1) is 21.3. The zero-order chi connectivity index (χ0) is 21.3. The third kappa shape index (κ3) is 5.04. The monoisotopic (exact) mass is 450 g/mol. The third-order valence-corrected chi connectivity index (χ3v) is 6.22. The number of nitrogens with zero attached hydrogens (tertiary/aromatic N) is 4. The SMILES string of the molecule is CC(C)(C)OC(=O)N1CCC(=Cc2cc3c(N4CCOCC4)nc(Cl)nc3s2)CC1. The van der Waals surface area contributed by atoms with Gasteiger partial charge in [-0.25, -0.2) is 9.78 Å². The van der Waals surface area contributed by atoms with E-state index in [2.05, 4.69) is 27.0 Å². The van der Waals surface area contributed by atoms with Crippen LogP contribution in [-0.4, -0.2) is 66.0 Å². The summed E-state index contributed by atoms with van der Waals surface area (Å²) in [6.07, 6.45) is 3.67. The summed E-state index contributed by atoms with van der Waals surface area (Å²) in [5.41, 5.74) is 0.860. The lowest BCUT2D eigenvalue weighted by Gasteiger charge is -2.31. The fourth-order valence-corrected chi connectivity index (χ4v) is 4.87. The van der Waals surface area contributed by atoms with Gasteiger partial charge in [0.1, 0.15) is 16.2 Å². The van der Waals surface area contributed by atoms with Gasteiger partial charge in [0.25, 0.3) is 0 Å². The van der Waals surface area contributed by atoms with Crippen LogP contribution in [-0.2, 0) is 9.47 Å². The van der Waals surface area contributed by atoms with Gasteiger partial charge >= 0.3 is 6.09 Å². The molecule has 0 radical (unpaired) electrons. The summed E-state index contributed by atoms with van der Waals surface area (Å²) in [6.45, 7) is 10.0. The van der Waals surface area contributed by atoms with Gasteiger partial charge in [-0.2, -0.15) is 4.98 Å². The highest BCUT2D eigenvalue weighted by Crippen LogP contribution is 2.34. The first-order valence-electron chi connectivity index (χ1n) is 10.3. The van der Waals surface area contributed by atoms with Gasteiger partial charge in [-0.15, -0.1) is 11.3 Å². The zero-order valence-corrected chi connectivity index (χ0v) is 19.2. The first-order chi connectivity index (χ1) is 14.3. The van der Waals surface area contributed by atoms with Crippen LogP contribution < -0.4 is 4.90 Å². The summed E-state index contributed by atoms with van der Waals surface area (Å²) in [5, 5.41) is 1.31. The van der Waals surface area contributed by atoms with E-state index in [9.17, 15) is 4.79 Å². The van der Waals surface area contributed by atoms with Crippen LogP contribution in [0.15, 0.2) is 11.6 Å². The van der Waals surface area contributed by atoms with Gasteiger partial charge < -0.3 is 19.3 Å². The lowest BCUT2D eigenvalue weighted by Crippen LogP contribution is -2.40. The third-order valence-electron chi connectivity index (χ3n) is 5.08. The van der Waals surface area contributed by atoms with Crippen molar-refractivity contribution in [2.45, 2.75) is 39.2 Å². The number of hydrogen-bond acceptors (Lipinski definition) is 7. The smallest absolute Gasteiger partial charge is 0.410 e. The Morgan fingerprint density at radius 2 is 1.90 bits per heavy atom. The van der Waals surface area contributed by atoms with Crippen LogP contribution in [0, 0.1) is 0 Å². The molecule has 0 aliphatic carbocycles. The molecule has 4 rings (SSSR count). The number of likely N-dealkylation sites (tertiary alicyclic amines) is 1. The molecule has 2 aliphatic rings. The Balaban J connectivity index is 1.49. The molecule has 162 valence electrons. The van der Waals surface area contributed by atoms with Crippen molar-refractivity contribution < 1.29 is 14.3 Å². The number of halogens is 1. The number of fused-ring (bicyclic) bond motifs is 1. The number of carbonyl (C=O) groups is 1. The number of ether oxygens (including phenoxy) is 2. The first-order valence-corrected chi connectivity index (χ1v) is 11.4. The number of aromatic nitrogens is 2. The van der Waals surface area contributed by atoms with Crippen LogP contribution >= 0.6 is 22.9 Å². The molecule has 7 nitrogen and oxygen atoms in total. The maximum atomic E-state index is 12.3. The number of anilines is 1. The molecule has 2 fully saturated rings. The largest absolute Gasteiger partial charge is 0.444 e. The predicted molar refractivity (Wildman–Crippen MR) is 120 cm³/mol. The maximum absolute atomic E-state index is 12.3. The standard InChI is InChI=1S/C21H27ClN4O3S/c1-21(2,3)29-20(27)26-6-4-14(5-7-26)12-15-13-16-17(25-8-10-28-11-9-25)23-19(22)24-18(16)30-15/h12-13H,4-11H2,1-3H3. The van der Waals surface area contributed by atoms with E-state index in [4.69, 9.17) is 21.1 Å². The Morgan fingerprint density at radius 3 is 2.57 bits per heavy atom. The van der Waals surface area contributed by atoms with Crippen molar-refractivity contribution in [1.82, 2.24) is 14.9 Å².